The van der Waals surface area contributed by atoms with Gasteiger partial charge in [-0.15, -0.1) is 0 Å². The Bertz CT molecular complexity index is 1400. The van der Waals surface area contributed by atoms with Crippen LogP contribution in [-0.2, 0) is 0 Å². The van der Waals surface area contributed by atoms with Crippen LogP contribution in [0.15, 0.2) is 89.5 Å². The summed E-state index contributed by atoms with van der Waals surface area (Å²) < 4.78 is 0. The van der Waals surface area contributed by atoms with E-state index < -0.39 is 0 Å². The second-order valence-electron chi connectivity index (χ2n) is 6.77. The summed E-state index contributed by atoms with van der Waals surface area (Å²) in [6, 6.07) is 30.8. The number of anilines is 1. The highest BCUT2D eigenvalue weighted by atomic mass is 15.3. The number of nitrogens with one attached hydrogen (secondary N) is 1. The second-order valence-corrected chi connectivity index (χ2v) is 6.77. The summed E-state index contributed by atoms with van der Waals surface area (Å²) in [6.45, 7) is 0. The number of hydrogen-bond donors (Lipinski definition) is 1. The maximum absolute atomic E-state index is 9.27. The summed E-state index contributed by atoms with van der Waals surface area (Å²) in [4.78, 5) is 0. The summed E-state index contributed by atoms with van der Waals surface area (Å²) in [5.41, 5.74) is 5.11. The molecule has 0 aliphatic heterocycles. The molecule has 4 rings (SSSR count). The van der Waals surface area contributed by atoms with Crippen LogP contribution in [0.1, 0.15) is 11.1 Å². The molecule has 0 spiro atoms. The molecule has 31 heavy (non-hydrogen) atoms. The highest BCUT2D eigenvalue weighted by molar-refractivity contribution is 6.13. The van der Waals surface area contributed by atoms with Gasteiger partial charge >= 0.3 is 0 Å². The summed E-state index contributed by atoms with van der Waals surface area (Å²) in [5, 5.41) is 36.2. The first-order valence-corrected chi connectivity index (χ1v) is 9.49. The lowest BCUT2D eigenvalue weighted by molar-refractivity contribution is 1.35. The molecule has 144 valence electrons. The lowest BCUT2D eigenvalue weighted by atomic mass is 9.97. The highest BCUT2D eigenvalue weighted by Gasteiger charge is 2.09. The van der Waals surface area contributed by atoms with E-state index in [1.165, 1.54) is 0 Å². The quantitative estimate of drug-likeness (QED) is 0.205. The van der Waals surface area contributed by atoms with Crippen LogP contribution >= 0.6 is 0 Å². The third-order valence-electron chi connectivity index (χ3n) is 4.96. The lowest BCUT2D eigenvalue weighted by Crippen LogP contribution is -1.94. The predicted octanol–water partition coefficient (Wildman–Crippen LogP) is 5.76. The number of hydrogen-bond acceptors (Lipinski definition) is 5. The fourth-order valence-corrected chi connectivity index (χ4v) is 3.47. The van der Waals surface area contributed by atoms with Crippen LogP contribution in [0.3, 0.4) is 0 Å². The summed E-state index contributed by atoms with van der Waals surface area (Å²) in [6.07, 6.45) is 1.81. The molecule has 5 nitrogen and oxygen atoms in total. The van der Waals surface area contributed by atoms with Gasteiger partial charge in [-0.3, -0.25) is 5.43 Å². The maximum Gasteiger partial charge on any atom is 0.148 e. The van der Waals surface area contributed by atoms with E-state index in [2.05, 4.69) is 40.9 Å². The number of hydrazone groups is 1. The zero-order valence-electron chi connectivity index (χ0n) is 16.4. The molecular formula is C26H15N5. The second kappa shape index (κ2) is 8.62. The molecule has 1 N–H and O–H groups in total. The molecule has 0 radical (unpaired) electrons. The van der Waals surface area contributed by atoms with Crippen molar-refractivity contribution >= 4 is 39.0 Å². The van der Waals surface area contributed by atoms with E-state index in [-0.39, 0.29) is 11.1 Å². The van der Waals surface area contributed by atoms with E-state index in [1.54, 1.807) is 36.4 Å². The zero-order valence-corrected chi connectivity index (χ0v) is 16.4. The van der Waals surface area contributed by atoms with Crippen molar-refractivity contribution in [2.24, 2.45) is 5.10 Å². The van der Waals surface area contributed by atoms with Gasteiger partial charge in [-0.1, -0.05) is 60.7 Å². The van der Waals surface area contributed by atoms with Crippen molar-refractivity contribution < 1.29 is 0 Å². The number of nitrogens with zero attached hydrogens (tertiary/aromatic N) is 4. The minimum absolute atomic E-state index is 0.0577. The van der Waals surface area contributed by atoms with E-state index >= 15 is 0 Å². The van der Waals surface area contributed by atoms with Crippen molar-refractivity contribution in [1.29, 1.82) is 15.8 Å². The number of allylic oxidation sites excluding steroid dienone is 2. The van der Waals surface area contributed by atoms with Gasteiger partial charge in [0, 0.05) is 5.56 Å². The van der Waals surface area contributed by atoms with E-state index in [1.807, 2.05) is 36.5 Å². The van der Waals surface area contributed by atoms with Gasteiger partial charge in [0.1, 0.15) is 23.8 Å². The minimum atomic E-state index is -0.205. The fourth-order valence-electron chi connectivity index (χ4n) is 3.47. The third kappa shape index (κ3) is 3.83. The molecular weight excluding hydrogens is 382 g/mol. The van der Waals surface area contributed by atoms with Crippen LogP contribution in [0.2, 0.25) is 0 Å². The number of rotatable bonds is 4. The zero-order chi connectivity index (χ0) is 21.6. The highest BCUT2D eigenvalue weighted by Crippen LogP contribution is 2.27. The average molecular weight is 397 g/mol. The molecule has 0 aliphatic carbocycles. The van der Waals surface area contributed by atoms with Gasteiger partial charge in [0.05, 0.1) is 17.5 Å². The topological polar surface area (TPSA) is 95.8 Å². The van der Waals surface area contributed by atoms with Gasteiger partial charge < -0.3 is 0 Å². The monoisotopic (exact) mass is 397 g/mol. The molecule has 0 fully saturated rings. The van der Waals surface area contributed by atoms with Crippen molar-refractivity contribution in [3.8, 4) is 18.2 Å². The summed E-state index contributed by atoms with van der Waals surface area (Å²) in [7, 11) is 0. The normalized spacial score (nSPS) is 10.4. The minimum Gasteiger partial charge on any atom is -0.279 e. The van der Waals surface area contributed by atoms with Crippen LogP contribution in [-0.4, -0.2) is 6.21 Å². The van der Waals surface area contributed by atoms with Gasteiger partial charge in [0.25, 0.3) is 0 Å². The van der Waals surface area contributed by atoms with Crippen LogP contribution in [0.5, 0.6) is 0 Å². The molecule has 0 saturated heterocycles. The largest absolute Gasteiger partial charge is 0.279 e. The fraction of sp³-hybridized carbons (Fsp3) is 0. The molecule has 4 aromatic carbocycles. The Kier molecular flexibility index (Phi) is 5.39. The van der Waals surface area contributed by atoms with Gasteiger partial charge in [0.15, 0.2) is 0 Å². The SMILES string of the molecule is N#CC(C#N)=C(C#N)c1ccc(N/N=C/c2c3ccccc3cc3ccccc23)cc1. The maximum atomic E-state index is 9.27. The Hall–Kier alpha value is -4.92. The first-order valence-electron chi connectivity index (χ1n) is 9.49. The Morgan fingerprint density at radius 3 is 1.87 bits per heavy atom. The van der Waals surface area contributed by atoms with E-state index in [9.17, 15) is 5.26 Å². The van der Waals surface area contributed by atoms with Crippen molar-refractivity contribution in [2.45, 2.75) is 0 Å². The number of nitriles is 3. The summed E-state index contributed by atoms with van der Waals surface area (Å²) >= 11 is 0. The van der Waals surface area contributed by atoms with Gasteiger partial charge in [-0.2, -0.15) is 20.9 Å². The predicted molar refractivity (Wildman–Crippen MR) is 123 cm³/mol. The van der Waals surface area contributed by atoms with Crippen molar-refractivity contribution in [1.82, 2.24) is 0 Å². The first kappa shape index (κ1) is 19.4. The molecule has 0 amide bonds. The standard InChI is InChI=1S/C26H15N5/c27-14-21(15-28)25(16-29)18-9-11-22(12-10-18)31-30-17-26-23-7-3-1-5-19(23)13-20-6-2-4-8-24(20)26/h1-13,17,31H/b30-17+. The Labute approximate surface area is 179 Å². The molecule has 0 atom stereocenters. The van der Waals surface area contributed by atoms with E-state index in [0.717, 1.165) is 32.8 Å². The smallest absolute Gasteiger partial charge is 0.148 e. The molecule has 0 aromatic heterocycles. The average Bonchev–Trinajstić information content (AvgIpc) is 2.82. The summed E-state index contributed by atoms with van der Waals surface area (Å²) in [5.74, 6) is 0. The molecule has 0 aliphatic rings. The molecule has 0 saturated carbocycles. The number of benzene rings is 4. The van der Waals surface area contributed by atoms with Crippen LogP contribution < -0.4 is 5.43 Å². The Morgan fingerprint density at radius 2 is 1.32 bits per heavy atom. The Morgan fingerprint density at radius 1 is 0.742 bits per heavy atom. The molecule has 0 heterocycles. The van der Waals surface area contributed by atoms with Crippen molar-refractivity contribution in [3.05, 3.63) is 95.6 Å². The first-order chi connectivity index (χ1) is 15.2. The Balaban J connectivity index is 1.65. The number of fused-ring (bicyclic) bond motifs is 2. The lowest BCUT2D eigenvalue weighted by Gasteiger charge is -2.08. The third-order valence-corrected chi connectivity index (χ3v) is 4.96. The molecule has 4 aromatic rings. The molecule has 0 bridgehead atoms. The van der Waals surface area contributed by atoms with Gasteiger partial charge in [-0.25, -0.2) is 0 Å². The van der Waals surface area contributed by atoms with E-state index in [4.69, 9.17) is 10.5 Å². The van der Waals surface area contributed by atoms with Crippen molar-refractivity contribution in [2.75, 3.05) is 5.43 Å². The van der Waals surface area contributed by atoms with Crippen LogP contribution in [0.4, 0.5) is 5.69 Å². The van der Waals surface area contributed by atoms with E-state index in [0.29, 0.717) is 5.56 Å². The van der Waals surface area contributed by atoms with Crippen molar-refractivity contribution in [3.63, 3.8) is 0 Å². The van der Waals surface area contributed by atoms with Crippen LogP contribution in [0.25, 0.3) is 27.1 Å². The van der Waals surface area contributed by atoms with Gasteiger partial charge in [0.2, 0.25) is 0 Å². The molecule has 0 unspecified atom stereocenters. The molecule has 5 heteroatoms. The van der Waals surface area contributed by atoms with Crippen LogP contribution in [0, 0.1) is 34.0 Å². The van der Waals surface area contributed by atoms with Gasteiger partial charge in [-0.05, 0) is 45.3 Å².